The SMILES string of the molecule is COC(=O)COc1ccc(C(=O)N2CCc3ccc([N+](=O)[O-])cc32)cc1OC. The summed E-state index contributed by atoms with van der Waals surface area (Å²) in [5.41, 5.74) is 1.68. The molecule has 0 spiro atoms. The molecule has 0 radical (unpaired) electrons. The number of nitrogens with zero attached hydrogens (tertiary/aromatic N) is 2. The largest absolute Gasteiger partial charge is 0.493 e. The van der Waals surface area contributed by atoms with Gasteiger partial charge in [-0.15, -0.1) is 0 Å². The van der Waals surface area contributed by atoms with Crippen LogP contribution in [0.25, 0.3) is 0 Å². The van der Waals surface area contributed by atoms with Crippen LogP contribution in [0.3, 0.4) is 0 Å². The van der Waals surface area contributed by atoms with Crippen LogP contribution in [0.1, 0.15) is 15.9 Å². The number of hydrogen-bond donors (Lipinski definition) is 0. The van der Waals surface area contributed by atoms with E-state index in [0.717, 1.165) is 5.56 Å². The van der Waals surface area contributed by atoms with Gasteiger partial charge in [-0.1, -0.05) is 6.07 Å². The standard InChI is InChI=1S/C19H18N2O7/c1-26-17-9-13(4-6-16(17)28-11-18(22)27-2)19(23)20-8-7-12-3-5-14(21(24)25)10-15(12)20/h3-6,9-10H,7-8,11H2,1-2H3. The monoisotopic (exact) mass is 386 g/mol. The van der Waals surface area contributed by atoms with E-state index in [-0.39, 0.29) is 24.0 Å². The van der Waals surface area contributed by atoms with Crippen LogP contribution in [0.5, 0.6) is 11.5 Å². The predicted molar refractivity (Wildman–Crippen MR) is 99.0 cm³/mol. The second kappa shape index (κ2) is 7.95. The minimum atomic E-state index is -0.544. The first-order valence-corrected chi connectivity index (χ1v) is 8.41. The van der Waals surface area contributed by atoms with Gasteiger partial charge < -0.3 is 19.1 Å². The van der Waals surface area contributed by atoms with Gasteiger partial charge in [-0.05, 0) is 30.2 Å². The lowest BCUT2D eigenvalue weighted by Crippen LogP contribution is -2.29. The van der Waals surface area contributed by atoms with Gasteiger partial charge in [-0.3, -0.25) is 14.9 Å². The van der Waals surface area contributed by atoms with E-state index in [2.05, 4.69) is 4.74 Å². The molecule has 1 aliphatic heterocycles. The molecule has 0 aliphatic carbocycles. The number of carbonyl (C=O) groups excluding carboxylic acids is 2. The Bertz CT molecular complexity index is 942. The number of benzene rings is 2. The first-order valence-electron chi connectivity index (χ1n) is 8.41. The summed E-state index contributed by atoms with van der Waals surface area (Å²) in [5.74, 6) is -0.273. The lowest BCUT2D eigenvalue weighted by molar-refractivity contribution is -0.384. The molecule has 9 nitrogen and oxygen atoms in total. The Morgan fingerprint density at radius 2 is 1.93 bits per heavy atom. The van der Waals surface area contributed by atoms with Gasteiger partial charge in [0.15, 0.2) is 18.1 Å². The predicted octanol–water partition coefficient (Wildman–Crippen LogP) is 2.36. The molecular formula is C19H18N2O7. The van der Waals surface area contributed by atoms with Gasteiger partial charge in [0, 0.05) is 24.2 Å². The van der Waals surface area contributed by atoms with E-state index in [1.165, 1.54) is 43.4 Å². The highest BCUT2D eigenvalue weighted by Gasteiger charge is 2.28. The van der Waals surface area contributed by atoms with Crippen molar-refractivity contribution in [3.63, 3.8) is 0 Å². The molecule has 9 heteroatoms. The van der Waals surface area contributed by atoms with Crippen molar-refractivity contribution < 1.29 is 28.7 Å². The Labute approximate surface area is 160 Å². The minimum absolute atomic E-state index is 0.0670. The molecule has 2 aromatic carbocycles. The van der Waals surface area contributed by atoms with Crippen molar-refractivity contribution in [2.24, 2.45) is 0 Å². The number of amides is 1. The number of non-ortho nitro benzene ring substituents is 1. The number of carbonyl (C=O) groups is 2. The fraction of sp³-hybridized carbons (Fsp3) is 0.263. The van der Waals surface area contributed by atoms with Crippen LogP contribution in [0, 0.1) is 10.1 Å². The molecule has 0 aromatic heterocycles. The van der Waals surface area contributed by atoms with E-state index in [0.29, 0.717) is 30.0 Å². The number of nitro benzene ring substituents is 1. The van der Waals surface area contributed by atoms with Gasteiger partial charge in [0.25, 0.3) is 11.6 Å². The average molecular weight is 386 g/mol. The minimum Gasteiger partial charge on any atom is -0.493 e. The van der Waals surface area contributed by atoms with Gasteiger partial charge >= 0.3 is 5.97 Å². The third-order valence-corrected chi connectivity index (χ3v) is 4.40. The summed E-state index contributed by atoms with van der Waals surface area (Å²) < 4.78 is 15.1. The molecule has 2 aromatic rings. The molecule has 0 atom stereocenters. The van der Waals surface area contributed by atoms with Crippen molar-refractivity contribution in [2.45, 2.75) is 6.42 Å². The van der Waals surface area contributed by atoms with Crippen molar-refractivity contribution in [1.82, 2.24) is 0 Å². The van der Waals surface area contributed by atoms with Crippen LogP contribution in [0.15, 0.2) is 36.4 Å². The Kier molecular flexibility index (Phi) is 5.44. The van der Waals surface area contributed by atoms with Gasteiger partial charge in [-0.2, -0.15) is 0 Å². The van der Waals surface area contributed by atoms with Gasteiger partial charge in [0.2, 0.25) is 0 Å². The molecule has 1 aliphatic rings. The molecule has 1 heterocycles. The Morgan fingerprint density at radius 1 is 1.14 bits per heavy atom. The maximum atomic E-state index is 13.0. The summed E-state index contributed by atoms with van der Waals surface area (Å²) in [4.78, 5) is 36.3. The molecule has 0 unspecified atom stereocenters. The van der Waals surface area contributed by atoms with E-state index in [1.807, 2.05) is 0 Å². The zero-order valence-corrected chi connectivity index (χ0v) is 15.3. The Morgan fingerprint density at radius 3 is 2.61 bits per heavy atom. The normalized spacial score (nSPS) is 12.3. The van der Waals surface area contributed by atoms with E-state index in [1.54, 1.807) is 12.1 Å². The molecule has 146 valence electrons. The van der Waals surface area contributed by atoms with Crippen molar-refractivity contribution in [3.05, 3.63) is 57.6 Å². The Hall–Kier alpha value is -3.62. The van der Waals surface area contributed by atoms with Gasteiger partial charge in [0.05, 0.1) is 24.8 Å². The zero-order valence-electron chi connectivity index (χ0n) is 15.3. The second-order valence-electron chi connectivity index (χ2n) is 6.01. The third kappa shape index (κ3) is 3.73. The summed E-state index contributed by atoms with van der Waals surface area (Å²) in [6, 6.07) is 9.09. The molecule has 0 N–H and O–H groups in total. The maximum Gasteiger partial charge on any atom is 0.343 e. The molecule has 0 fully saturated rings. The number of nitro groups is 1. The number of esters is 1. The molecule has 3 rings (SSSR count). The molecule has 0 saturated carbocycles. The number of anilines is 1. The number of methoxy groups -OCH3 is 2. The van der Waals surface area contributed by atoms with Crippen LogP contribution in [0.4, 0.5) is 11.4 Å². The summed E-state index contributed by atoms with van der Waals surface area (Å²) >= 11 is 0. The van der Waals surface area contributed by atoms with Crippen LogP contribution in [-0.4, -0.2) is 44.2 Å². The second-order valence-corrected chi connectivity index (χ2v) is 6.01. The smallest absolute Gasteiger partial charge is 0.343 e. The van der Waals surface area contributed by atoms with Crippen LogP contribution >= 0.6 is 0 Å². The van der Waals surface area contributed by atoms with Crippen LogP contribution in [-0.2, 0) is 16.0 Å². The molecule has 1 amide bonds. The van der Waals surface area contributed by atoms with E-state index in [4.69, 9.17) is 9.47 Å². The lowest BCUT2D eigenvalue weighted by Gasteiger charge is -2.18. The molecular weight excluding hydrogens is 368 g/mol. The van der Waals surface area contributed by atoms with Gasteiger partial charge in [0.1, 0.15) is 0 Å². The highest BCUT2D eigenvalue weighted by Crippen LogP contribution is 2.34. The first kappa shape index (κ1) is 19.2. The zero-order chi connectivity index (χ0) is 20.3. The molecule has 0 saturated heterocycles. The summed E-state index contributed by atoms with van der Waals surface area (Å²) in [5, 5.41) is 11.0. The number of fused-ring (bicyclic) bond motifs is 1. The summed E-state index contributed by atoms with van der Waals surface area (Å²) in [7, 11) is 2.67. The Balaban J connectivity index is 1.85. The number of ether oxygens (including phenoxy) is 3. The first-order chi connectivity index (χ1) is 13.4. The lowest BCUT2D eigenvalue weighted by atomic mass is 10.1. The van der Waals surface area contributed by atoms with Crippen molar-refractivity contribution in [3.8, 4) is 11.5 Å². The fourth-order valence-corrected chi connectivity index (χ4v) is 2.96. The van der Waals surface area contributed by atoms with Gasteiger partial charge in [-0.25, -0.2) is 4.79 Å². The fourth-order valence-electron chi connectivity index (χ4n) is 2.96. The van der Waals surface area contributed by atoms with Crippen molar-refractivity contribution in [2.75, 3.05) is 32.3 Å². The number of hydrogen-bond acceptors (Lipinski definition) is 7. The number of rotatable bonds is 6. The summed E-state index contributed by atoms with van der Waals surface area (Å²) in [6.07, 6.45) is 0.622. The molecule has 28 heavy (non-hydrogen) atoms. The van der Waals surface area contributed by atoms with E-state index in [9.17, 15) is 19.7 Å². The van der Waals surface area contributed by atoms with Crippen molar-refractivity contribution in [1.29, 1.82) is 0 Å². The van der Waals surface area contributed by atoms with Crippen molar-refractivity contribution >= 4 is 23.3 Å². The van der Waals surface area contributed by atoms with Crippen LogP contribution in [0.2, 0.25) is 0 Å². The van der Waals surface area contributed by atoms with Crippen LogP contribution < -0.4 is 14.4 Å². The maximum absolute atomic E-state index is 13.0. The molecule has 0 bridgehead atoms. The summed E-state index contributed by atoms with van der Waals surface area (Å²) in [6.45, 7) is 0.140. The highest BCUT2D eigenvalue weighted by molar-refractivity contribution is 6.07. The highest BCUT2D eigenvalue weighted by atomic mass is 16.6. The van der Waals surface area contributed by atoms with E-state index < -0.39 is 10.9 Å². The van der Waals surface area contributed by atoms with E-state index >= 15 is 0 Å². The quantitative estimate of drug-likeness (QED) is 0.426. The third-order valence-electron chi connectivity index (χ3n) is 4.40. The topological polar surface area (TPSA) is 108 Å². The average Bonchev–Trinajstić information content (AvgIpc) is 3.14.